The fourth-order valence-corrected chi connectivity index (χ4v) is 2.67. The smallest absolute Gasteiger partial charge is 0.394 e. The number of aliphatic hydroxyl groups excluding tert-OH is 1. The number of carbonyl (C=O) groups excluding carboxylic acids is 1. The zero-order valence-electron chi connectivity index (χ0n) is 11.6. The predicted molar refractivity (Wildman–Crippen MR) is 77.3 cm³/mol. The Labute approximate surface area is 131 Å². The molecular formula is C15H15ClF3NO2. The minimum atomic E-state index is -4.54. The highest BCUT2D eigenvalue weighted by Gasteiger charge is 2.33. The van der Waals surface area contributed by atoms with E-state index in [1.54, 1.807) is 0 Å². The van der Waals surface area contributed by atoms with Gasteiger partial charge >= 0.3 is 6.18 Å². The van der Waals surface area contributed by atoms with Gasteiger partial charge in [0.2, 0.25) is 5.91 Å². The van der Waals surface area contributed by atoms with Crippen LogP contribution < -0.4 is 0 Å². The van der Waals surface area contributed by atoms with Gasteiger partial charge in [0.25, 0.3) is 0 Å². The van der Waals surface area contributed by atoms with E-state index in [2.05, 4.69) is 0 Å². The van der Waals surface area contributed by atoms with Gasteiger partial charge in [-0.1, -0.05) is 17.7 Å². The zero-order chi connectivity index (χ0) is 16.3. The third kappa shape index (κ3) is 3.81. The number of benzene rings is 1. The molecule has 1 fully saturated rings. The van der Waals surface area contributed by atoms with Crippen molar-refractivity contribution in [3.63, 3.8) is 0 Å². The number of rotatable bonds is 3. The molecule has 2 rings (SSSR count). The molecule has 1 saturated heterocycles. The van der Waals surface area contributed by atoms with E-state index in [-0.39, 0.29) is 29.1 Å². The lowest BCUT2D eigenvalue weighted by Gasteiger charge is -2.21. The second-order valence-electron chi connectivity index (χ2n) is 5.08. The van der Waals surface area contributed by atoms with Crippen LogP contribution in [0.5, 0.6) is 0 Å². The van der Waals surface area contributed by atoms with E-state index < -0.39 is 11.7 Å². The number of nitrogens with zero attached hydrogens (tertiary/aromatic N) is 1. The lowest BCUT2D eigenvalue weighted by molar-refractivity contribution is -0.137. The summed E-state index contributed by atoms with van der Waals surface area (Å²) in [7, 11) is 0. The van der Waals surface area contributed by atoms with Gasteiger partial charge < -0.3 is 10.0 Å². The highest BCUT2D eigenvalue weighted by molar-refractivity contribution is 6.31. The molecule has 0 bridgehead atoms. The van der Waals surface area contributed by atoms with Crippen molar-refractivity contribution >= 4 is 23.6 Å². The molecule has 1 aromatic carbocycles. The van der Waals surface area contributed by atoms with Crippen LogP contribution in [0.3, 0.4) is 0 Å². The molecule has 7 heteroatoms. The number of halogens is 4. The molecular weight excluding hydrogens is 319 g/mol. The quantitative estimate of drug-likeness (QED) is 0.862. The van der Waals surface area contributed by atoms with Crippen molar-refractivity contribution in [3.8, 4) is 0 Å². The summed E-state index contributed by atoms with van der Waals surface area (Å²) >= 11 is 5.54. The van der Waals surface area contributed by atoms with Crippen LogP contribution in [0.25, 0.3) is 6.08 Å². The number of hydrogen-bond donors (Lipinski definition) is 1. The Morgan fingerprint density at radius 1 is 1.45 bits per heavy atom. The summed E-state index contributed by atoms with van der Waals surface area (Å²) in [5.41, 5.74) is -0.692. The molecule has 0 aliphatic carbocycles. The summed E-state index contributed by atoms with van der Waals surface area (Å²) in [6.07, 6.45) is -0.459. The molecule has 0 aromatic heterocycles. The van der Waals surface area contributed by atoms with E-state index in [9.17, 15) is 18.0 Å². The Hall–Kier alpha value is -1.53. The second kappa shape index (κ2) is 6.71. The average molecular weight is 334 g/mol. The molecule has 120 valence electrons. The lowest BCUT2D eigenvalue weighted by Crippen LogP contribution is -2.36. The van der Waals surface area contributed by atoms with Gasteiger partial charge in [0.1, 0.15) is 0 Å². The lowest BCUT2D eigenvalue weighted by atomic mass is 10.1. The summed E-state index contributed by atoms with van der Waals surface area (Å²) in [4.78, 5) is 13.5. The number of amides is 1. The van der Waals surface area contributed by atoms with Crippen molar-refractivity contribution in [3.05, 3.63) is 40.4 Å². The van der Waals surface area contributed by atoms with Crippen LogP contribution in [0, 0.1) is 0 Å². The van der Waals surface area contributed by atoms with Gasteiger partial charge in [-0.15, -0.1) is 0 Å². The first-order chi connectivity index (χ1) is 10.3. The number of aliphatic hydroxyl groups is 1. The Bertz CT molecular complexity index is 587. The van der Waals surface area contributed by atoms with Crippen molar-refractivity contribution in [2.75, 3.05) is 13.2 Å². The fourth-order valence-electron chi connectivity index (χ4n) is 2.44. The number of hydrogen-bond acceptors (Lipinski definition) is 2. The van der Waals surface area contributed by atoms with E-state index in [0.717, 1.165) is 25.0 Å². The van der Waals surface area contributed by atoms with Crippen LogP contribution in [-0.2, 0) is 11.0 Å². The van der Waals surface area contributed by atoms with Gasteiger partial charge in [-0.25, -0.2) is 0 Å². The van der Waals surface area contributed by atoms with Gasteiger partial charge in [0.15, 0.2) is 0 Å². The van der Waals surface area contributed by atoms with Crippen molar-refractivity contribution in [2.45, 2.75) is 25.1 Å². The molecule has 1 amide bonds. The summed E-state index contributed by atoms with van der Waals surface area (Å²) in [5.74, 6) is -0.319. The minimum absolute atomic E-state index is 0.112. The SMILES string of the molecule is O=C(/C=C/c1ccc(Cl)c(C(F)(F)F)c1)N1CCC[C@@H]1CO. The normalized spacial score (nSPS) is 19.1. The molecule has 0 saturated carbocycles. The maximum absolute atomic E-state index is 12.8. The minimum Gasteiger partial charge on any atom is -0.394 e. The molecule has 22 heavy (non-hydrogen) atoms. The topological polar surface area (TPSA) is 40.5 Å². The standard InChI is InChI=1S/C15H15ClF3NO2/c16-13-5-3-10(8-12(13)15(17,18)19)4-6-14(22)20-7-1-2-11(20)9-21/h3-6,8,11,21H,1-2,7,9H2/b6-4+/t11-/m1/s1. The maximum Gasteiger partial charge on any atom is 0.417 e. The fraction of sp³-hybridized carbons (Fsp3) is 0.400. The average Bonchev–Trinajstić information content (AvgIpc) is 2.93. The maximum atomic E-state index is 12.8. The summed E-state index contributed by atoms with van der Waals surface area (Å²) in [6.45, 7) is 0.432. The monoisotopic (exact) mass is 333 g/mol. The van der Waals surface area contributed by atoms with Crippen LogP contribution in [0.15, 0.2) is 24.3 Å². The van der Waals surface area contributed by atoms with Crippen molar-refractivity contribution in [1.82, 2.24) is 4.90 Å². The predicted octanol–water partition coefficient (Wildman–Crippen LogP) is 3.36. The molecule has 1 aliphatic heterocycles. The van der Waals surface area contributed by atoms with Crippen LogP contribution >= 0.6 is 11.6 Å². The molecule has 1 atom stereocenters. The van der Waals surface area contributed by atoms with Crippen LogP contribution in [0.1, 0.15) is 24.0 Å². The zero-order valence-corrected chi connectivity index (χ0v) is 12.4. The third-order valence-electron chi connectivity index (χ3n) is 3.59. The van der Waals surface area contributed by atoms with Crippen LogP contribution in [0.2, 0.25) is 5.02 Å². The van der Waals surface area contributed by atoms with E-state index in [0.29, 0.717) is 6.54 Å². The molecule has 0 spiro atoms. The highest BCUT2D eigenvalue weighted by atomic mass is 35.5. The Kier molecular flexibility index (Phi) is 5.13. The van der Waals surface area contributed by atoms with Crippen molar-refractivity contribution in [2.24, 2.45) is 0 Å². The summed E-state index contributed by atoms with van der Waals surface area (Å²) in [5, 5.41) is 8.79. The van der Waals surface area contributed by atoms with Gasteiger partial charge in [-0.05, 0) is 36.6 Å². The number of carbonyl (C=O) groups is 1. The highest BCUT2D eigenvalue weighted by Crippen LogP contribution is 2.35. The third-order valence-corrected chi connectivity index (χ3v) is 3.91. The van der Waals surface area contributed by atoms with Crippen LogP contribution in [-0.4, -0.2) is 35.1 Å². The van der Waals surface area contributed by atoms with Crippen molar-refractivity contribution in [1.29, 1.82) is 0 Å². The molecule has 1 aliphatic rings. The first-order valence-electron chi connectivity index (χ1n) is 6.79. The number of likely N-dealkylation sites (tertiary alicyclic amines) is 1. The van der Waals surface area contributed by atoms with Gasteiger partial charge in [-0.3, -0.25) is 4.79 Å². The van der Waals surface area contributed by atoms with Crippen molar-refractivity contribution < 1.29 is 23.1 Å². The van der Waals surface area contributed by atoms with Gasteiger partial charge in [0, 0.05) is 12.6 Å². The largest absolute Gasteiger partial charge is 0.417 e. The Morgan fingerprint density at radius 2 is 2.18 bits per heavy atom. The molecule has 0 unspecified atom stereocenters. The first kappa shape index (κ1) is 16.8. The number of alkyl halides is 3. The molecule has 3 nitrogen and oxygen atoms in total. The summed E-state index contributed by atoms with van der Waals surface area (Å²) in [6, 6.07) is 3.25. The summed E-state index contributed by atoms with van der Waals surface area (Å²) < 4.78 is 38.3. The van der Waals surface area contributed by atoms with Gasteiger partial charge in [0.05, 0.1) is 23.2 Å². The van der Waals surface area contributed by atoms with E-state index in [1.165, 1.54) is 23.1 Å². The van der Waals surface area contributed by atoms with Gasteiger partial charge in [-0.2, -0.15) is 13.2 Å². The Balaban J connectivity index is 2.15. The van der Waals surface area contributed by atoms with E-state index >= 15 is 0 Å². The van der Waals surface area contributed by atoms with E-state index in [1.807, 2.05) is 0 Å². The van der Waals surface area contributed by atoms with Crippen LogP contribution in [0.4, 0.5) is 13.2 Å². The molecule has 0 radical (unpaired) electrons. The Morgan fingerprint density at radius 3 is 2.82 bits per heavy atom. The first-order valence-corrected chi connectivity index (χ1v) is 7.17. The molecule has 1 N–H and O–H groups in total. The van der Waals surface area contributed by atoms with E-state index in [4.69, 9.17) is 16.7 Å². The second-order valence-corrected chi connectivity index (χ2v) is 5.49. The molecule has 1 aromatic rings. The molecule has 1 heterocycles.